The minimum absolute atomic E-state index is 0.162. The summed E-state index contributed by atoms with van der Waals surface area (Å²) in [7, 11) is 1.64. The number of anilines is 1. The molecule has 28 heavy (non-hydrogen) atoms. The topological polar surface area (TPSA) is 81.9 Å². The molecule has 3 aromatic rings. The van der Waals surface area contributed by atoms with E-state index in [1.54, 1.807) is 24.2 Å². The first-order valence-electron chi connectivity index (χ1n) is 9.29. The van der Waals surface area contributed by atoms with Crippen LogP contribution in [0.5, 0.6) is 5.75 Å². The lowest BCUT2D eigenvalue weighted by atomic mass is 9.86. The fourth-order valence-electron chi connectivity index (χ4n) is 3.86. The highest BCUT2D eigenvalue weighted by molar-refractivity contribution is 5.99. The number of ketones is 1. The molecule has 1 aliphatic carbocycles. The van der Waals surface area contributed by atoms with E-state index in [9.17, 15) is 4.79 Å². The van der Waals surface area contributed by atoms with Gasteiger partial charge in [0, 0.05) is 35.6 Å². The van der Waals surface area contributed by atoms with Crippen LogP contribution in [0.4, 0.5) is 5.95 Å². The Morgan fingerprint density at radius 3 is 2.79 bits per heavy atom. The van der Waals surface area contributed by atoms with Gasteiger partial charge in [-0.15, -0.1) is 5.10 Å². The molecule has 0 fully saturated rings. The lowest BCUT2D eigenvalue weighted by Gasteiger charge is -2.31. The second-order valence-corrected chi connectivity index (χ2v) is 6.91. The summed E-state index contributed by atoms with van der Waals surface area (Å²) in [6, 6.07) is 11.2. The number of allylic oxidation sites excluding steroid dienone is 2. The van der Waals surface area contributed by atoms with Crippen molar-refractivity contribution < 1.29 is 9.53 Å². The molecule has 1 atom stereocenters. The summed E-state index contributed by atoms with van der Waals surface area (Å²) in [6.45, 7) is 0. The second kappa shape index (κ2) is 6.60. The predicted molar refractivity (Wildman–Crippen MR) is 104 cm³/mol. The summed E-state index contributed by atoms with van der Waals surface area (Å²) in [5, 5.41) is 8.09. The van der Waals surface area contributed by atoms with Crippen molar-refractivity contribution in [1.29, 1.82) is 0 Å². The van der Waals surface area contributed by atoms with E-state index < -0.39 is 0 Å². The van der Waals surface area contributed by atoms with Gasteiger partial charge in [-0.1, -0.05) is 6.07 Å². The summed E-state index contributed by atoms with van der Waals surface area (Å²) >= 11 is 0. The van der Waals surface area contributed by atoms with Gasteiger partial charge in [-0.25, -0.2) is 4.68 Å². The maximum atomic E-state index is 12.8. The molecule has 140 valence electrons. The van der Waals surface area contributed by atoms with Crippen molar-refractivity contribution in [2.24, 2.45) is 0 Å². The van der Waals surface area contributed by atoms with E-state index in [1.165, 1.54) is 0 Å². The molecule has 0 saturated carbocycles. The van der Waals surface area contributed by atoms with Gasteiger partial charge >= 0.3 is 0 Å². The van der Waals surface area contributed by atoms with Crippen molar-refractivity contribution in [2.75, 3.05) is 12.4 Å². The van der Waals surface area contributed by atoms with Gasteiger partial charge in [-0.3, -0.25) is 9.78 Å². The normalized spacial score (nSPS) is 18.3. The Kier molecular flexibility index (Phi) is 3.93. The minimum Gasteiger partial charge on any atom is -0.497 e. The first-order valence-corrected chi connectivity index (χ1v) is 9.29. The van der Waals surface area contributed by atoms with E-state index in [0.717, 1.165) is 41.0 Å². The number of ether oxygens (including phenoxy) is 1. The van der Waals surface area contributed by atoms with Crippen molar-refractivity contribution in [3.63, 3.8) is 0 Å². The molecule has 2 aromatic heterocycles. The van der Waals surface area contributed by atoms with E-state index in [-0.39, 0.29) is 11.8 Å². The molecule has 1 N–H and O–H groups in total. The van der Waals surface area contributed by atoms with Crippen molar-refractivity contribution in [1.82, 2.24) is 19.7 Å². The molecule has 7 heteroatoms. The molecule has 7 nitrogen and oxygen atoms in total. The monoisotopic (exact) mass is 373 g/mol. The Morgan fingerprint density at radius 2 is 2.04 bits per heavy atom. The first-order chi connectivity index (χ1) is 13.7. The number of pyridine rings is 1. The third-order valence-electron chi connectivity index (χ3n) is 5.22. The molecule has 2 aliphatic rings. The summed E-state index contributed by atoms with van der Waals surface area (Å²) in [5.41, 5.74) is 3.54. The summed E-state index contributed by atoms with van der Waals surface area (Å²) in [6.07, 6.45) is 5.77. The number of fused-ring (bicyclic) bond motifs is 1. The number of rotatable bonds is 3. The maximum absolute atomic E-state index is 12.8. The standard InChI is InChI=1S/C21H19N5O2/c1-28-15-9-7-13(8-10-15)20-24-21-23-16-5-2-6-17(27)18(16)19(26(21)25-20)14-4-3-11-22-12-14/h3-4,7-12,19H,2,5-6H2,1H3,(H,23,24,25). The Hall–Kier alpha value is -3.48. The number of carbonyl (C=O) groups is 1. The van der Waals surface area contributed by atoms with E-state index in [2.05, 4.69) is 10.3 Å². The van der Waals surface area contributed by atoms with E-state index in [1.807, 2.05) is 36.4 Å². The fourth-order valence-corrected chi connectivity index (χ4v) is 3.86. The number of aromatic nitrogens is 4. The number of methoxy groups -OCH3 is 1. The number of Topliss-reactive ketones (excluding diaryl/α,β-unsaturated/α-hetero) is 1. The zero-order chi connectivity index (χ0) is 19.1. The summed E-state index contributed by atoms with van der Waals surface area (Å²) < 4.78 is 7.03. The summed E-state index contributed by atoms with van der Waals surface area (Å²) in [5.74, 6) is 2.19. The van der Waals surface area contributed by atoms with Crippen LogP contribution in [0.2, 0.25) is 0 Å². The quantitative estimate of drug-likeness (QED) is 0.758. The van der Waals surface area contributed by atoms with Gasteiger partial charge in [0.25, 0.3) is 0 Å². The lowest BCUT2D eigenvalue weighted by molar-refractivity contribution is -0.116. The summed E-state index contributed by atoms with van der Waals surface area (Å²) in [4.78, 5) is 21.7. The molecule has 3 heterocycles. The number of nitrogens with one attached hydrogen (secondary N) is 1. The Bertz CT molecular complexity index is 1070. The number of carbonyl (C=O) groups excluding carboxylic acids is 1. The smallest absolute Gasteiger partial charge is 0.226 e. The van der Waals surface area contributed by atoms with Crippen molar-refractivity contribution in [3.05, 3.63) is 65.6 Å². The first kappa shape index (κ1) is 16.7. The van der Waals surface area contributed by atoms with Gasteiger partial charge < -0.3 is 10.1 Å². The van der Waals surface area contributed by atoms with Crippen LogP contribution in [-0.4, -0.2) is 32.6 Å². The number of benzene rings is 1. The molecule has 0 radical (unpaired) electrons. The Labute approximate surface area is 162 Å². The molecular formula is C21H19N5O2. The van der Waals surface area contributed by atoms with Crippen LogP contribution in [0, 0.1) is 0 Å². The molecule has 1 aromatic carbocycles. The SMILES string of the molecule is COc1ccc(-c2nc3n(n2)C(c2cccnc2)C2=C(CCCC2=O)N3)cc1. The van der Waals surface area contributed by atoms with Gasteiger partial charge in [0.15, 0.2) is 11.6 Å². The van der Waals surface area contributed by atoms with Crippen LogP contribution in [0.1, 0.15) is 30.9 Å². The number of nitrogens with zero attached hydrogens (tertiary/aromatic N) is 4. The average Bonchev–Trinajstić information content (AvgIpc) is 3.17. The van der Waals surface area contributed by atoms with Crippen LogP contribution in [0.25, 0.3) is 11.4 Å². The highest BCUT2D eigenvalue weighted by atomic mass is 16.5. The van der Waals surface area contributed by atoms with Gasteiger partial charge in [0.2, 0.25) is 5.95 Å². The molecular weight excluding hydrogens is 354 g/mol. The maximum Gasteiger partial charge on any atom is 0.226 e. The van der Waals surface area contributed by atoms with Crippen molar-refractivity contribution in [3.8, 4) is 17.1 Å². The predicted octanol–water partition coefficient (Wildman–Crippen LogP) is 3.37. The molecule has 1 unspecified atom stereocenters. The molecule has 1 aliphatic heterocycles. The zero-order valence-electron chi connectivity index (χ0n) is 15.4. The van der Waals surface area contributed by atoms with Crippen molar-refractivity contribution >= 4 is 11.7 Å². The van der Waals surface area contributed by atoms with Gasteiger partial charge in [0.05, 0.1) is 7.11 Å². The van der Waals surface area contributed by atoms with Gasteiger partial charge in [0.1, 0.15) is 11.8 Å². The molecule has 5 rings (SSSR count). The fraction of sp³-hybridized carbons (Fsp3) is 0.238. The Balaban J connectivity index is 1.63. The van der Waals surface area contributed by atoms with E-state index >= 15 is 0 Å². The average molecular weight is 373 g/mol. The van der Waals surface area contributed by atoms with Crippen LogP contribution in [-0.2, 0) is 4.79 Å². The highest BCUT2D eigenvalue weighted by Crippen LogP contribution is 2.40. The zero-order valence-corrected chi connectivity index (χ0v) is 15.4. The van der Waals surface area contributed by atoms with Crippen LogP contribution >= 0.6 is 0 Å². The third-order valence-corrected chi connectivity index (χ3v) is 5.22. The molecule has 0 saturated heterocycles. The molecule has 0 amide bonds. The van der Waals surface area contributed by atoms with Crippen LogP contribution < -0.4 is 10.1 Å². The van der Waals surface area contributed by atoms with Gasteiger partial charge in [-0.2, -0.15) is 4.98 Å². The number of hydrogen-bond donors (Lipinski definition) is 1. The van der Waals surface area contributed by atoms with Gasteiger partial charge in [-0.05, 0) is 48.7 Å². The highest BCUT2D eigenvalue weighted by Gasteiger charge is 2.36. The van der Waals surface area contributed by atoms with E-state index in [4.69, 9.17) is 14.8 Å². The molecule has 0 bridgehead atoms. The van der Waals surface area contributed by atoms with Crippen molar-refractivity contribution in [2.45, 2.75) is 25.3 Å². The largest absolute Gasteiger partial charge is 0.497 e. The minimum atomic E-state index is -0.313. The Morgan fingerprint density at radius 1 is 1.18 bits per heavy atom. The van der Waals surface area contributed by atoms with Crippen LogP contribution in [0.3, 0.4) is 0 Å². The molecule has 0 spiro atoms. The lowest BCUT2D eigenvalue weighted by Crippen LogP contribution is -2.31. The van der Waals surface area contributed by atoms with Crippen LogP contribution in [0.15, 0.2) is 60.1 Å². The second-order valence-electron chi connectivity index (χ2n) is 6.91. The third kappa shape index (κ3) is 2.67. The van der Waals surface area contributed by atoms with E-state index in [0.29, 0.717) is 18.2 Å². The number of hydrogen-bond acceptors (Lipinski definition) is 6.